The summed E-state index contributed by atoms with van der Waals surface area (Å²) in [6.45, 7) is 2.06. The fourth-order valence-corrected chi connectivity index (χ4v) is 4.69. The van der Waals surface area contributed by atoms with E-state index in [1.165, 1.54) is 11.4 Å². The van der Waals surface area contributed by atoms with Gasteiger partial charge in [0.25, 0.3) is 0 Å². The first-order chi connectivity index (χ1) is 11.3. The molecule has 3 rings (SSSR count). The quantitative estimate of drug-likeness (QED) is 0.880. The SMILES string of the molecule is Cc1cccc(C2CC(=O)N(CC3CCS(=O)(=O)N3C)C(=O)N2)c1. The number of hydrogen-bond acceptors (Lipinski definition) is 4. The van der Waals surface area contributed by atoms with E-state index in [9.17, 15) is 18.0 Å². The number of sulfonamides is 1. The minimum absolute atomic E-state index is 0.0593. The maximum atomic E-state index is 12.4. The smallest absolute Gasteiger partial charge is 0.324 e. The number of imide groups is 1. The Morgan fingerprint density at radius 3 is 2.62 bits per heavy atom. The molecule has 1 aromatic carbocycles. The van der Waals surface area contributed by atoms with Gasteiger partial charge < -0.3 is 5.32 Å². The second-order valence-electron chi connectivity index (χ2n) is 6.40. The fourth-order valence-electron chi connectivity index (χ4n) is 3.20. The zero-order valence-corrected chi connectivity index (χ0v) is 14.5. The summed E-state index contributed by atoms with van der Waals surface area (Å²) in [6, 6.07) is 6.54. The number of rotatable bonds is 3. The van der Waals surface area contributed by atoms with Crippen molar-refractivity contribution in [2.75, 3.05) is 19.3 Å². The molecule has 2 aliphatic rings. The van der Waals surface area contributed by atoms with Crippen molar-refractivity contribution in [3.05, 3.63) is 35.4 Å². The Bertz CT molecular complexity index is 759. The molecule has 0 radical (unpaired) electrons. The van der Waals surface area contributed by atoms with Gasteiger partial charge in [-0.1, -0.05) is 29.8 Å². The molecule has 3 amide bonds. The highest BCUT2D eigenvalue weighted by atomic mass is 32.2. The molecule has 0 aliphatic carbocycles. The third-order valence-corrected chi connectivity index (χ3v) is 6.65. The van der Waals surface area contributed by atoms with E-state index in [2.05, 4.69) is 5.32 Å². The van der Waals surface area contributed by atoms with Crippen LogP contribution in [0.3, 0.4) is 0 Å². The molecule has 24 heavy (non-hydrogen) atoms. The van der Waals surface area contributed by atoms with Crippen molar-refractivity contribution in [3.63, 3.8) is 0 Å². The van der Waals surface area contributed by atoms with Crippen molar-refractivity contribution >= 4 is 22.0 Å². The number of carbonyl (C=O) groups excluding carboxylic acids is 2. The second-order valence-corrected chi connectivity index (χ2v) is 8.55. The fraction of sp³-hybridized carbons (Fsp3) is 0.500. The molecule has 0 spiro atoms. The highest BCUT2D eigenvalue weighted by molar-refractivity contribution is 7.89. The van der Waals surface area contributed by atoms with Crippen LogP contribution in [-0.4, -0.2) is 54.9 Å². The van der Waals surface area contributed by atoms with E-state index in [-0.39, 0.29) is 36.7 Å². The van der Waals surface area contributed by atoms with Crippen LogP contribution in [-0.2, 0) is 14.8 Å². The van der Waals surface area contributed by atoms with Crippen LogP contribution in [0.5, 0.6) is 0 Å². The zero-order chi connectivity index (χ0) is 17.5. The lowest BCUT2D eigenvalue weighted by molar-refractivity contribution is -0.130. The number of nitrogens with one attached hydrogen (secondary N) is 1. The lowest BCUT2D eigenvalue weighted by atomic mass is 9.99. The Hall–Kier alpha value is -1.93. The first-order valence-corrected chi connectivity index (χ1v) is 9.52. The van der Waals surface area contributed by atoms with Gasteiger partial charge in [-0.25, -0.2) is 17.5 Å². The minimum atomic E-state index is -3.25. The van der Waals surface area contributed by atoms with Crippen molar-refractivity contribution in [3.8, 4) is 0 Å². The van der Waals surface area contributed by atoms with Gasteiger partial charge in [-0.15, -0.1) is 0 Å². The molecule has 0 saturated carbocycles. The van der Waals surface area contributed by atoms with E-state index in [1.54, 1.807) is 0 Å². The molecule has 2 aliphatic heterocycles. The van der Waals surface area contributed by atoms with Gasteiger partial charge in [-0.3, -0.25) is 9.69 Å². The predicted molar refractivity (Wildman–Crippen MR) is 88.7 cm³/mol. The molecule has 8 heteroatoms. The molecule has 7 nitrogen and oxygen atoms in total. The number of nitrogens with zero attached hydrogens (tertiary/aromatic N) is 2. The van der Waals surface area contributed by atoms with Crippen LogP contribution in [0, 0.1) is 6.92 Å². The van der Waals surface area contributed by atoms with E-state index in [0.717, 1.165) is 16.0 Å². The number of benzene rings is 1. The van der Waals surface area contributed by atoms with Crippen molar-refractivity contribution in [1.82, 2.24) is 14.5 Å². The van der Waals surface area contributed by atoms with Crippen molar-refractivity contribution in [1.29, 1.82) is 0 Å². The van der Waals surface area contributed by atoms with Gasteiger partial charge in [0.2, 0.25) is 15.9 Å². The third kappa shape index (κ3) is 3.16. The molecule has 2 atom stereocenters. The third-order valence-electron chi connectivity index (χ3n) is 4.72. The maximum absolute atomic E-state index is 12.4. The Kier molecular flexibility index (Phi) is 4.35. The monoisotopic (exact) mass is 351 g/mol. The highest BCUT2D eigenvalue weighted by Gasteiger charge is 2.39. The average molecular weight is 351 g/mol. The number of likely N-dealkylation sites (N-methyl/N-ethyl adjacent to an activating group) is 1. The summed E-state index contributed by atoms with van der Waals surface area (Å²) in [7, 11) is -1.76. The largest absolute Gasteiger partial charge is 0.330 e. The van der Waals surface area contributed by atoms with E-state index < -0.39 is 16.1 Å². The predicted octanol–water partition coefficient (Wildman–Crippen LogP) is 1.01. The van der Waals surface area contributed by atoms with Crippen molar-refractivity contribution < 1.29 is 18.0 Å². The van der Waals surface area contributed by atoms with Crippen molar-refractivity contribution in [2.24, 2.45) is 0 Å². The number of aryl methyl sites for hydroxylation is 1. The first-order valence-electron chi connectivity index (χ1n) is 7.91. The summed E-state index contributed by atoms with van der Waals surface area (Å²) in [5.41, 5.74) is 1.96. The number of hydrogen-bond donors (Lipinski definition) is 1. The molecule has 130 valence electrons. The molecule has 0 bridgehead atoms. The Morgan fingerprint density at radius 2 is 2.04 bits per heavy atom. The van der Waals surface area contributed by atoms with Gasteiger partial charge in [0, 0.05) is 19.6 Å². The number of urea groups is 1. The zero-order valence-electron chi connectivity index (χ0n) is 13.7. The topological polar surface area (TPSA) is 86.8 Å². The summed E-state index contributed by atoms with van der Waals surface area (Å²) in [6.07, 6.45) is 0.607. The van der Waals surface area contributed by atoms with E-state index >= 15 is 0 Å². The molecular weight excluding hydrogens is 330 g/mol. The summed E-state index contributed by atoms with van der Waals surface area (Å²) in [5.74, 6) is -0.216. The maximum Gasteiger partial charge on any atom is 0.324 e. The highest BCUT2D eigenvalue weighted by Crippen LogP contribution is 2.25. The summed E-state index contributed by atoms with van der Waals surface area (Å²) >= 11 is 0. The first kappa shape index (κ1) is 16.9. The van der Waals surface area contributed by atoms with Gasteiger partial charge in [0.1, 0.15) is 0 Å². The van der Waals surface area contributed by atoms with Gasteiger partial charge in [0.15, 0.2) is 0 Å². The van der Waals surface area contributed by atoms with Gasteiger partial charge in [0.05, 0.1) is 18.2 Å². The molecule has 1 N–H and O–H groups in total. The Balaban J connectivity index is 1.71. The minimum Gasteiger partial charge on any atom is -0.330 e. The van der Waals surface area contributed by atoms with Crippen LogP contribution in [0.1, 0.15) is 30.0 Å². The van der Waals surface area contributed by atoms with Crippen LogP contribution < -0.4 is 5.32 Å². The Morgan fingerprint density at radius 1 is 1.29 bits per heavy atom. The molecule has 1 aromatic rings. The molecule has 2 saturated heterocycles. The van der Waals surface area contributed by atoms with Crippen LogP contribution in [0.4, 0.5) is 4.79 Å². The Labute approximate surface area is 141 Å². The van der Waals surface area contributed by atoms with Gasteiger partial charge >= 0.3 is 6.03 Å². The van der Waals surface area contributed by atoms with E-state index in [4.69, 9.17) is 0 Å². The molecule has 2 heterocycles. The lowest BCUT2D eigenvalue weighted by Crippen LogP contribution is -2.54. The van der Waals surface area contributed by atoms with E-state index in [0.29, 0.717) is 6.42 Å². The lowest BCUT2D eigenvalue weighted by Gasteiger charge is -2.34. The second kappa shape index (κ2) is 6.18. The molecule has 2 fully saturated rings. The molecule has 0 aromatic heterocycles. The number of amides is 3. The van der Waals surface area contributed by atoms with Gasteiger partial charge in [-0.05, 0) is 18.9 Å². The molecular formula is C16H21N3O4S. The molecule has 2 unspecified atom stereocenters. The van der Waals surface area contributed by atoms with Crippen LogP contribution in [0.2, 0.25) is 0 Å². The summed E-state index contributed by atoms with van der Waals surface area (Å²) in [4.78, 5) is 25.9. The van der Waals surface area contributed by atoms with E-state index in [1.807, 2.05) is 31.2 Å². The normalized spacial score (nSPS) is 27.3. The number of carbonyl (C=O) groups is 2. The van der Waals surface area contributed by atoms with Gasteiger partial charge in [-0.2, -0.15) is 0 Å². The van der Waals surface area contributed by atoms with Crippen molar-refractivity contribution in [2.45, 2.75) is 31.8 Å². The summed E-state index contributed by atoms with van der Waals surface area (Å²) < 4.78 is 24.8. The van der Waals surface area contributed by atoms with Crippen LogP contribution >= 0.6 is 0 Å². The van der Waals surface area contributed by atoms with Crippen LogP contribution in [0.25, 0.3) is 0 Å². The summed E-state index contributed by atoms with van der Waals surface area (Å²) in [5, 5.41) is 2.85. The standard InChI is InChI=1S/C16H21N3O4S/c1-11-4-3-5-12(8-11)14-9-15(20)19(16(21)17-14)10-13-6-7-24(22,23)18(13)2/h3-5,8,13-14H,6-7,9-10H2,1-2H3,(H,17,21). The van der Waals surface area contributed by atoms with Crippen LogP contribution in [0.15, 0.2) is 24.3 Å². The average Bonchev–Trinajstić information content (AvgIpc) is 2.77.